The molecule has 19 heavy (non-hydrogen) atoms. The molecule has 0 unspecified atom stereocenters. The first-order valence-electron chi connectivity index (χ1n) is 6.07. The number of rotatable bonds is 6. The van der Waals surface area contributed by atoms with Crippen molar-refractivity contribution in [2.75, 3.05) is 7.11 Å². The molecule has 1 aromatic heterocycles. The van der Waals surface area contributed by atoms with Crippen LogP contribution in [0.4, 0.5) is 4.79 Å². The number of carbonyl (C=O) groups excluding carboxylic acids is 2. The van der Waals surface area contributed by atoms with Gasteiger partial charge in [0.1, 0.15) is 12.4 Å². The van der Waals surface area contributed by atoms with Crippen LogP contribution >= 0.6 is 0 Å². The molecule has 0 spiro atoms. The summed E-state index contributed by atoms with van der Waals surface area (Å²) in [5.41, 5.74) is 0. The Morgan fingerprint density at radius 1 is 1.53 bits per heavy atom. The second-order valence-electron chi connectivity index (χ2n) is 4.02. The van der Waals surface area contributed by atoms with E-state index in [2.05, 4.69) is 25.6 Å². The van der Waals surface area contributed by atoms with Crippen LogP contribution in [0.15, 0.2) is 6.33 Å². The second kappa shape index (κ2) is 7.34. The van der Waals surface area contributed by atoms with E-state index >= 15 is 0 Å². The van der Waals surface area contributed by atoms with Crippen LogP contribution in [0.25, 0.3) is 0 Å². The van der Waals surface area contributed by atoms with Gasteiger partial charge in [-0.05, 0) is 13.3 Å². The Kier molecular flexibility index (Phi) is 5.77. The van der Waals surface area contributed by atoms with Crippen molar-refractivity contribution in [1.82, 2.24) is 25.4 Å². The lowest BCUT2D eigenvalue weighted by Crippen LogP contribution is -2.44. The van der Waals surface area contributed by atoms with Gasteiger partial charge in [0.2, 0.25) is 5.91 Å². The first kappa shape index (κ1) is 14.9. The quantitative estimate of drug-likeness (QED) is 0.760. The summed E-state index contributed by atoms with van der Waals surface area (Å²) in [5, 5.41) is 12.8. The highest BCUT2D eigenvalue weighted by molar-refractivity contribution is 5.85. The first-order valence-corrected chi connectivity index (χ1v) is 6.07. The van der Waals surface area contributed by atoms with Crippen molar-refractivity contribution in [2.45, 2.75) is 39.4 Å². The number of nitrogens with zero attached hydrogens (tertiary/aromatic N) is 3. The molecule has 1 aromatic rings. The highest BCUT2D eigenvalue weighted by Crippen LogP contribution is 1.97. The molecule has 8 nitrogen and oxygen atoms in total. The minimum absolute atomic E-state index is 0.270. The van der Waals surface area contributed by atoms with Gasteiger partial charge < -0.3 is 19.9 Å². The zero-order valence-electron chi connectivity index (χ0n) is 11.3. The zero-order chi connectivity index (χ0) is 14.3. The number of hydrogen-bond acceptors (Lipinski definition) is 5. The van der Waals surface area contributed by atoms with E-state index in [4.69, 9.17) is 0 Å². The number of methoxy groups -OCH3 is 1. The van der Waals surface area contributed by atoms with Crippen molar-refractivity contribution in [2.24, 2.45) is 0 Å². The Bertz CT molecular complexity index is 432. The molecule has 0 saturated heterocycles. The molecule has 1 rings (SSSR count). The number of alkyl carbamates (subject to hydrolysis) is 1. The monoisotopic (exact) mass is 269 g/mol. The third-order valence-corrected chi connectivity index (χ3v) is 2.49. The topological polar surface area (TPSA) is 98.1 Å². The van der Waals surface area contributed by atoms with E-state index in [-0.39, 0.29) is 12.5 Å². The van der Waals surface area contributed by atoms with Crippen LogP contribution in [-0.4, -0.2) is 39.9 Å². The second-order valence-corrected chi connectivity index (χ2v) is 4.02. The van der Waals surface area contributed by atoms with Crippen molar-refractivity contribution < 1.29 is 14.3 Å². The average molecular weight is 269 g/mol. The number of nitrogens with one attached hydrogen (secondary N) is 2. The summed E-state index contributed by atoms with van der Waals surface area (Å²) in [5.74, 6) is 0.372. The van der Waals surface area contributed by atoms with Gasteiger partial charge in [0, 0.05) is 6.54 Å². The fraction of sp³-hybridized carbons (Fsp3) is 0.636. The normalized spacial score (nSPS) is 11.7. The molecular weight excluding hydrogens is 250 g/mol. The van der Waals surface area contributed by atoms with Crippen LogP contribution in [0.3, 0.4) is 0 Å². The van der Waals surface area contributed by atoms with E-state index in [0.29, 0.717) is 5.82 Å². The SMILES string of the molecule is CCCn1cnnc1CNC(=O)[C@@H](C)NC(=O)OC. The summed E-state index contributed by atoms with van der Waals surface area (Å²) >= 11 is 0. The molecule has 2 N–H and O–H groups in total. The number of ether oxygens (including phenoxy) is 1. The highest BCUT2D eigenvalue weighted by atomic mass is 16.5. The van der Waals surface area contributed by atoms with Crippen molar-refractivity contribution in [3.05, 3.63) is 12.2 Å². The van der Waals surface area contributed by atoms with E-state index in [1.165, 1.54) is 7.11 Å². The largest absolute Gasteiger partial charge is 0.453 e. The molecule has 0 saturated carbocycles. The summed E-state index contributed by atoms with van der Waals surface area (Å²) in [6, 6.07) is -0.671. The zero-order valence-corrected chi connectivity index (χ0v) is 11.3. The number of hydrogen-bond donors (Lipinski definition) is 2. The molecule has 1 atom stereocenters. The fourth-order valence-corrected chi connectivity index (χ4v) is 1.46. The van der Waals surface area contributed by atoms with Crippen LogP contribution in [0.1, 0.15) is 26.1 Å². The number of amides is 2. The standard InChI is InChI=1S/C11H19N5O3/c1-4-5-16-7-13-15-9(16)6-12-10(17)8(2)14-11(18)19-3/h7-8H,4-6H2,1-3H3,(H,12,17)(H,14,18)/t8-/m1/s1. The molecule has 0 aliphatic rings. The smallest absolute Gasteiger partial charge is 0.407 e. The van der Waals surface area contributed by atoms with Crippen LogP contribution in [0, 0.1) is 0 Å². The Morgan fingerprint density at radius 3 is 2.89 bits per heavy atom. The lowest BCUT2D eigenvalue weighted by Gasteiger charge is -2.13. The van der Waals surface area contributed by atoms with Crippen LogP contribution < -0.4 is 10.6 Å². The first-order chi connectivity index (χ1) is 9.08. The van der Waals surface area contributed by atoms with Gasteiger partial charge in [-0.2, -0.15) is 0 Å². The molecule has 0 fully saturated rings. The summed E-state index contributed by atoms with van der Waals surface area (Å²) < 4.78 is 6.29. The molecule has 8 heteroatoms. The average Bonchev–Trinajstić information content (AvgIpc) is 2.83. The minimum atomic E-state index is -0.671. The van der Waals surface area contributed by atoms with E-state index in [1.807, 2.05) is 11.5 Å². The maximum Gasteiger partial charge on any atom is 0.407 e. The molecule has 0 aromatic carbocycles. The summed E-state index contributed by atoms with van der Waals surface area (Å²) in [4.78, 5) is 22.7. The molecule has 0 aliphatic carbocycles. The Hall–Kier alpha value is -2.12. The Labute approximate surface area is 111 Å². The molecule has 106 valence electrons. The molecule has 0 bridgehead atoms. The molecule has 1 heterocycles. The van der Waals surface area contributed by atoms with Crippen molar-refractivity contribution in [3.63, 3.8) is 0 Å². The third kappa shape index (κ3) is 4.57. The number of aromatic nitrogens is 3. The van der Waals surface area contributed by atoms with Gasteiger partial charge in [-0.25, -0.2) is 4.79 Å². The summed E-state index contributed by atoms with van der Waals surface area (Å²) in [7, 11) is 1.24. The van der Waals surface area contributed by atoms with Gasteiger partial charge in [0.15, 0.2) is 5.82 Å². The fourth-order valence-electron chi connectivity index (χ4n) is 1.46. The Balaban J connectivity index is 2.45. The number of aryl methyl sites for hydroxylation is 1. The molecule has 0 aliphatic heterocycles. The predicted octanol–water partition coefficient (Wildman–Crippen LogP) is 0.0488. The highest BCUT2D eigenvalue weighted by Gasteiger charge is 2.16. The van der Waals surface area contributed by atoms with Crippen molar-refractivity contribution >= 4 is 12.0 Å². The van der Waals surface area contributed by atoms with Gasteiger partial charge >= 0.3 is 6.09 Å². The maximum atomic E-state index is 11.7. The van der Waals surface area contributed by atoms with Gasteiger partial charge in [-0.3, -0.25) is 4.79 Å². The predicted molar refractivity (Wildman–Crippen MR) is 67.2 cm³/mol. The summed E-state index contributed by atoms with van der Waals surface area (Å²) in [6.45, 7) is 4.69. The van der Waals surface area contributed by atoms with Crippen LogP contribution in [-0.2, 0) is 22.6 Å². The van der Waals surface area contributed by atoms with Crippen molar-refractivity contribution in [1.29, 1.82) is 0 Å². The minimum Gasteiger partial charge on any atom is -0.453 e. The van der Waals surface area contributed by atoms with Crippen LogP contribution in [0.2, 0.25) is 0 Å². The van der Waals surface area contributed by atoms with Gasteiger partial charge in [-0.1, -0.05) is 6.92 Å². The van der Waals surface area contributed by atoms with Gasteiger partial charge in [-0.15, -0.1) is 10.2 Å². The van der Waals surface area contributed by atoms with E-state index in [9.17, 15) is 9.59 Å². The Morgan fingerprint density at radius 2 is 2.26 bits per heavy atom. The van der Waals surface area contributed by atoms with Gasteiger partial charge in [0.25, 0.3) is 0 Å². The maximum absolute atomic E-state index is 11.7. The van der Waals surface area contributed by atoms with Gasteiger partial charge in [0.05, 0.1) is 13.7 Å². The number of carbonyl (C=O) groups is 2. The summed E-state index contributed by atoms with van der Waals surface area (Å²) in [6.07, 6.45) is 1.94. The van der Waals surface area contributed by atoms with E-state index in [0.717, 1.165) is 13.0 Å². The third-order valence-electron chi connectivity index (χ3n) is 2.49. The van der Waals surface area contributed by atoms with E-state index in [1.54, 1.807) is 13.3 Å². The lowest BCUT2D eigenvalue weighted by molar-refractivity contribution is -0.122. The molecule has 0 radical (unpaired) electrons. The molecule has 2 amide bonds. The lowest BCUT2D eigenvalue weighted by atomic mass is 10.3. The van der Waals surface area contributed by atoms with Crippen molar-refractivity contribution in [3.8, 4) is 0 Å². The van der Waals surface area contributed by atoms with Crippen LogP contribution in [0.5, 0.6) is 0 Å². The van der Waals surface area contributed by atoms with E-state index < -0.39 is 12.1 Å². The molecular formula is C11H19N5O3.